The van der Waals surface area contributed by atoms with Crippen LogP contribution in [-0.4, -0.2) is 41.1 Å². The van der Waals surface area contributed by atoms with Gasteiger partial charge in [-0.1, -0.05) is 0 Å². The van der Waals surface area contributed by atoms with Crippen LogP contribution in [0.2, 0.25) is 0 Å². The molecule has 0 aliphatic carbocycles. The van der Waals surface area contributed by atoms with Gasteiger partial charge in [0.05, 0.1) is 5.69 Å². The monoisotopic (exact) mass is 236 g/mol. The highest BCUT2D eigenvalue weighted by Gasteiger charge is 2.16. The molecule has 17 heavy (non-hydrogen) atoms. The zero-order valence-electron chi connectivity index (χ0n) is 11.2. The second-order valence-corrected chi connectivity index (χ2v) is 5.12. The minimum atomic E-state index is 0.800. The van der Waals surface area contributed by atoms with Gasteiger partial charge in [-0.3, -0.25) is 0 Å². The SMILES string of the molecule is CCn1cc(C)nc1NCC1CCN(C)CC1. The highest BCUT2D eigenvalue weighted by atomic mass is 15.2. The number of hydrogen-bond acceptors (Lipinski definition) is 3. The van der Waals surface area contributed by atoms with Crippen LogP contribution in [0.4, 0.5) is 5.95 Å². The zero-order valence-corrected chi connectivity index (χ0v) is 11.2. The quantitative estimate of drug-likeness (QED) is 0.867. The van der Waals surface area contributed by atoms with Crippen LogP contribution in [0.1, 0.15) is 25.5 Å². The van der Waals surface area contributed by atoms with Crippen molar-refractivity contribution in [2.75, 3.05) is 32.0 Å². The molecular weight excluding hydrogens is 212 g/mol. The lowest BCUT2D eigenvalue weighted by molar-refractivity contribution is 0.226. The van der Waals surface area contributed by atoms with E-state index in [-0.39, 0.29) is 0 Å². The summed E-state index contributed by atoms with van der Waals surface area (Å²) in [4.78, 5) is 6.93. The molecule has 0 unspecified atom stereocenters. The number of likely N-dealkylation sites (tertiary alicyclic amines) is 1. The third-order valence-corrected chi connectivity index (χ3v) is 3.62. The van der Waals surface area contributed by atoms with Crippen LogP contribution in [0.15, 0.2) is 6.20 Å². The third kappa shape index (κ3) is 3.22. The molecule has 0 spiro atoms. The highest BCUT2D eigenvalue weighted by molar-refractivity contribution is 5.28. The van der Waals surface area contributed by atoms with Gasteiger partial charge in [0.15, 0.2) is 0 Å². The van der Waals surface area contributed by atoms with E-state index in [1.165, 1.54) is 25.9 Å². The van der Waals surface area contributed by atoms with Crippen LogP contribution < -0.4 is 5.32 Å². The van der Waals surface area contributed by atoms with Gasteiger partial charge in [0.2, 0.25) is 5.95 Å². The molecule has 0 radical (unpaired) electrons. The first-order chi connectivity index (χ1) is 8.19. The number of rotatable bonds is 4. The molecule has 2 rings (SSSR count). The molecule has 1 aromatic rings. The molecular formula is C13H24N4. The van der Waals surface area contributed by atoms with Crippen molar-refractivity contribution >= 4 is 5.95 Å². The molecule has 1 fully saturated rings. The summed E-state index contributed by atoms with van der Waals surface area (Å²) in [5, 5.41) is 3.50. The van der Waals surface area contributed by atoms with Crippen LogP contribution in [0, 0.1) is 12.8 Å². The van der Waals surface area contributed by atoms with Gasteiger partial charge in [-0.15, -0.1) is 0 Å². The number of anilines is 1. The van der Waals surface area contributed by atoms with E-state index in [2.05, 4.69) is 39.9 Å². The highest BCUT2D eigenvalue weighted by Crippen LogP contribution is 2.17. The van der Waals surface area contributed by atoms with Gasteiger partial charge in [0.1, 0.15) is 0 Å². The molecule has 1 aliphatic rings. The van der Waals surface area contributed by atoms with Crippen LogP contribution in [0.5, 0.6) is 0 Å². The number of imidazole rings is 1. The van der Waals surface area contributed by atoms with E-state index in [0.29, 0.717) is 0 Å². The van der Waals surface area contributed by atoms with Crippen molar-refractivity contribution < 1.29 is 0 Å². The number of piperidine rings is 1. The molecule has 0 saturated carbocycles. The van der Waals surface area contributed by atoms with Gasteiger partial charge in [-0.25, -0.2) is 4.98 Å². The summed E-state index contributed by atoms with van der Waals surface area (Å²) >= 11 is 0. The number of nitrogens with one attached hydrogen (secondary N) is 1. The van der Waals surface area contributed by atoms with E-state index in [9.17, 15) is 0 Å². The molecule has 1 saturated heterocycles. The van der Waals surface area contributed by atoms with Gasteiger partial charge in [0.25, 0.3) is 0 Å². The smallest absolute Gasteiger partial charge is 0.203 e. The largest absolute Gasteiger partial charge is 0.355 e. The minimum absolute atomic E-state index is 0.800. The van der Waals surface area contributed by atoms with Gasteiger partial charge in [-0.05, 0) is 52.7 Å². The average Bonchev–Trinajstić information content (AvgIpc) is 2.69. The van der Waals surface area contributed by atoms with Crippen LogP contribution in [0.25, 0.3) is 0 Å². The summed E-state index contributed by atoms with van der Waals surface area (Å²) < 4.78 is 2.18. The standard InChI is InChI=1S/C13H24N4/c1-4-17-10-11(2)15-13(17)14-9-12-5-7-16(3)8-6-12/h10,12H,4-9H2,1-3H3,(H,14,15). The van der Waals surface area contributed by atoms with E-state index in [0.717, 1.165) is 30.6 Å². The molecule has 0 bridgehead atoms. The summed E-state index contributed by atoms with van der Waals surface area (Å²) in [5.74, 6) is 1.83. The fourth-order valence-corrected chi connectivity index (χ4v) is 2.43. The summed E-state index contributed by atoms with van der Waals surface area (Å²) in [5.41, 5.74) is 1.10. The summed E-state index contributed by atoms with van der Waals surface area (Å²) in [6, 6.07) is 0. The minimum Gasteiger partial charge on any atom is -0.355 e. The number of aryl methyl sites for hydroxylation is 2. The summed E-state index contributed by atoms with van der Waals surface area (Å²) in [6.45, 7) is 8.71. The van der Waals surface area contributed by atoms with Gasteiger partial charge >= 0.3 is 0 Å². The maximum Gasteiger partial charge on any atom is 0.203 e. The second-order valence-electron chi connectivity index (χ2n) is 5.12. The maximum absolute atomic E-state index is 4.52. The first-order valence-electron chi connectivity index (χ1n) is 6.65. The fourth-order valence-electron chi connectivity index (χ4n) is 2.43. The molecule has 96 valence electrons. The molecule has 1 aromatic heterocycles. The predicted octanol–water partition coefficient (Wildman–Crippen LogP) is 1.97. The van der Waals surface area contributed by atoms with Crippen molar-refractivity contribution in [3.8, 4) is 0 Å². The number of hydrogen-bond donors (Lipinski definition) is 1. The van der Waals surface area contributed by atoms with Crippen molar-refractivity contribution in [1.29, 1.82) is 0 Å². The Labute approximate surface area is 104 Å². The van der Waals surface area contributed by atoms with Crippen molar-refractivity contribution in [3.63, 3.8) is 0 Å². The van der Waals surface area contributed by atoms with Crippen LogP contribution >= 0.6 is 0 Å². The van der Waals surface area contributed by atoms with E-state index < -0.39 is 0 Å². The Morgan fingerprint density at radius 2 is 2.12 bits per heavy atom. The fraction of sp³-hybridized carbons (Fsp3) is 0.769. The Morgan fingerprint density at radius 1 is 1.41 bits per heavy atom. The van der Waals surface area contributed by atoms with Gasteiger partial charge < -0.3 is 14.8 Å². The summed E-state index contributed by atoms with van der Waals surface area (Å²) in [7, 11) is 2.21. The molecule has 1 aliphatic heterocycles. The molecule has 2 heterocycles. The summed E-state index contributed by atoms with van der Waals surface area (Å²) in [6.07, 6.45) is 4.71. The average molecular weight is 236 g/mol. The van der Waals surface area contributed by atoms with E-state index in [1.807, 2.05) is 6.92 Å². The lowest BCUT2D eigenvalue weighted by Gasteiger charge is -2.29. The van der Waals surface area contributed by atoms with Crippen molar-refractivity contribution in [3.05, 3.63) is 11.9 Å². The van der Waals surface area contributed by atoms with Crippen molar-refractivity contribution in [1.82, 2.24) is 14.5 Å². The Kier molecular flexibility index (Phi) is 4.05. The molecule has 0 amide bonds. The Bertz CT molecular complexity index is 350. The lowest BCUT2D eigenvalue weighted by atomic mass is 9.97. The molecule has 4 heteroatoms. The topological polar surface area (TPSA) is 33.1 Å². The maximum atomic E-state index is 4.52. The molecule has 4 nitrogen and oxygen atoms in total. The van der Waals surface area contributed by atoms with Crippen molar-refractivity contribution in [2.24, 2.45) is 5.92 Å². The third-order valence-electron chi connectivity index (χ3n) is 3.62. The van der Waals surface area contributed by atoms with Crippen molar-refractivity contribution in [2.45, 2.75) is 33.2 Å². The normalized spacial score (nSPS) is 18.5. The van der Waals surface area contributed by atoms with E-state index >= 15 is 0 Å². The van der Waals surface area contributed by atoms with Crippen LogP contribution in [0.3, 0.4) is 0 Å². The first-order valence-corrected chi connectivity index (χ1v) is 6.65. The van der Waals surface area contributed by atoms with E-state index in [1.54, 1.807) is 0 Å². The van der Waals surface area contributed by atoms with E-state index in [4.69, 9.17) is 0 Å². The van der Waals surface area contributed by atoms with Crippen LogP contribution in [-0.2, 0) is 6.54 Å². The number of nitrogens with zero attached hydrogens (tertiary/aromatic N) is 3. The van der Waals surface area contributed by atoms with Gasteiger partial charge in [0, 0.05) is 19.3 Å². The predicted molar refractivity (Wildman–Crippen MR) is 71.3 cm³/mol. The second kappa shape index (κ2) is 5.54. The molecule has 0 atom stereocenters. The first kappa shape index (κ1) is 12.4. The lowest BCUT2D eigenvalue weighted by Crippen LogP contribution is -2.33. The Hall–Kier alpha value is -1.03. The number of aromatic nitrogens is 2. The Balaban J connectivity index is 1.85. The molecule has 1 N–H and O–H groups in total. The zero-order chi connectivity index (χ0) is 12.3. The Morgan fingerprint density at radius 3 is 2.76 bits per heavy atom. The molecule has 0 aromatic carbocycles. The van der Waals surface area contributed by atoms with Gasteiger partial charge in [-0.2, -0.15) is 0 Å².